The summed E-state index contributed by atoms with van der Waals surface area (Å²) in [6.45, 7) is 1.51. The van der Waals surface area contributed by atoms with Crippen molar-refractivity contribution in [3.63, 3.8) is 0 Å². The van der Waals surface area contributed by atoms with Crippen molar-refractivity contribution in [3.05, 3.63) is 93.5 Å². The second-order valence-corrected chi connectivity index (χ2v) is 10.9. The smallest absolute Gasteiger partial charge is 0.264 e. The molecule has 3 aromatic carbocycles. The number of carbonyl (C=O) groups is 1. The Balaban J connectivity index is 1.58. The number of hydrogen-bond donors (Lipinski definition) is 1. The molecule has 0 saturated carbocycles. The molecule has 0 aliphatic heterocycles. The van der Waals surface area contributed by atoms with E-state index in [0.717, 1.165) is 29.1 Å². The standard InChI is InChI=1S/C25H24Cl2N2O3S/c1-17(19-9-8-18-4-2-5-20(18)14-19)28-25(30)16-29(23-7-3-6-22(27)15-23)33(31,32)24-12-10-21(26)11-13-24/h3,6-15,17H,2,4-5,16H2,1H3,(H,28,30)/t17-/m1/s1. The first kappa shape index (κ1) is 23.6. The van der Waals surface area contributed by atoms with Crippen LogP contribution in [0.1, 0.15) is 36.1 Å². The fourth-order valence-electron chi connectivity index (χ4n) is 4.04. The fraction of sp³-hybridized carbons (Fsp3) is 0.240. The molecule has 1 atom stereocenters. The van der Waals surface area contributed by atoms with Gasteiger partial charge in [0.2, 0.25) is 5.91 Å². The quantitative estimate of drug-likeness (QED) is 0.460. The Morgan fingerprint density at radius 3 is 2.42 bits per heavy atom. The average molecular weight is 503 g/mol. The van der Waals surface area contributed by atoms with Gasteiger partial charge in [-0.25, -0.2) is 8.42 Å². The first-order chi connectivity index (χ1) is 15.7. The predicted molar refractivity (Wildman–Crippen MR) is 132 cm³/mol. The Morgan fingerprint density at radius 2 is 1.70 bits per heavy atom. The van der Waals surface area contributed by atoms with Crippen LogP contribution in [-0.2, 0) is 27.7 Å². The van der Waals surface area contributed by atoms with Gasteiger partial charge in [0.15, 0.2) is 0 Å². The maximum atomic E-state index is 13.4. The highest BCUT2D eigenvalue weighted by molar-refractivity contribution is 7.92. The summed E-state index contributed by atoms with van der Waals surface area (Å²) in [7, 11) is -4.04. The normalized spacial score (nSPS) is 13.9. The van der Waals surface area contributed by atoms with Crippen molar-refractivity contribution in [2.24, 2.45) is 0 Å². The van der Waals surface area contributed by atoms with Crippen LogP contribution in [0.4, 0.5) is 5.69 Å². The van der Waals surface area contributed by atoms with Crippen LogP contribution in [0.15, 0.2) is 71.6 Å². The Labute approximate surface area is 204 Å². The molecule has 1 aliphatic carbocycles. The van der Waals surface area contributed by atoms with Gasteiger partial charge in [-0.05, 0) is 85.3 Å². The molecular formula is C25H24Cl2N2O3S. The molecule has 0 saturated heterocycles. The van der Waals surface area contributed by atoms with Gasteiger partial charge < -0.3 is 5.32 Å². The number of halogens is 2. The number of nitrogens with zero attached hydrogens (tertiary/aromatic N) is 1. The summed E-state index contributed by atoms with van der Waals surface area (Å²) in [5.41, 5.74) is 3.98. The summed E-state index contributed by atoms with van der Waals surface area (Å²) in [4.78, 5) is 13.0. The van der Waals surface area contributed by atoms with Crippen molar-refractivity contribution in [3.8, 4) is 0 Å². The predicted octanol–water partition coefficient (Wildman–Crippen LogP) is 5.55. The van der Waals surface area contributed by atoms with Crippen molar-refractivity contribution in [2.75, 3.05) is 10.8 Å². The largest absolute Gasteiger partial charge is 0.348 e. The number of nitrogens with one attached hydrogen (secondary N) is 1. The second kappa shape index (κ2) is 9.75. The van der Waals surface area contributed by atoms with E-state index in [1.807, 2.05) is 13.0 Å². The van der Waals surface area contributed by atoms with E-state index in [1.54, 1.807) is 18.2 Å². The van der Waals surface area contributed by atoms with E-state index < -0.39 is 15.9 Å². The molecule has 3 aromatic rings. The van der Waals surface area contributed by atoms with Crippen LogP contribution in [0.3, 0.4) is 0 Å². The Hall–Kier alpha value is -2.54. The summed E-state index contributed by atoms with van der Waals surface area (Å²) in [6.07, 6.45) is 3.29. The first-order valence-corrected chi connectivity index (χ1v) is 12.9. The third-order valence-corrected chi connectivity index (χ3v) is 8.06. The van der Waals surface area contributed by atoms with Crippen LogP contribution in [0.2, 0.25) is 10.0 Å². The van der Waals surface area contributed by atoms with E-state index >= 15 is 0 Å². The molecule has 4 rings (SSSR count). The summed E-state index contributed by atoms with van der Waals surface area (Å²) in [5, 5.41) is 3.73. The van der Waals surface area contributed by atoms with Crippen LogP contribution in [-0.4, -0.2) is 20.9 Å². The van der Waals surface area contributed by atoms with Gasteiger partial charge in [-0.15, -0.1) is 0 Å². The van der Waals surface area contributed by atoms with Crippen molar-refractivity contribution < 1.29 is 13.2 Å². The fourth-order valence-corrected chi connectivity index (χ4v) is 5.77. The van der Waals surface area contributed by atoms with Gasteiger partial charge in [-0.1, -0.05) is 47.5 Å². The van der Waals surface area contributed by atoms with E-state index in [-0.39, 0.29) is 17.5 Å². The Kier molecular flexibility index (Phi) is 6.98. The molecule has 5 nitrogen and oxygen atoms in total. The molecule has 0 bridgehead atoms. The van der Waals surface area contributed by atoms with E-state index in [4.69, 9.17) is 23.2 Å². The monoisotopic (exact) mass is 502 g/mol. The molecule has 0 spiro atoms. The maximum absolute atomic E-state index is 13.4. The minimum Gasteiger partial charge on any atom is -0.348 e. The number of carbonyl (C=O) groups excluding carboxylic acids is 1. The number of amides is 1. The number of fused-ring (bicyclic) bond motifs is 1. The number of anilines is 1. The van der Waals surface area contributed by atoms with Gasteiger partial charge in [-0.2, -0.15) is 0 Å². The van der Waals surface area contributed by atoms with Crippen LogP contribution in [0.5, 0.6) is 0 Å². The second-order valence-electron chi connectivity index (χ2n) is 8.12. The highest BCUT2D eigenvalue weighted by atomic mass is 35.5. The third kappa shape index (κ3) is 5.35. The van der Waals surface area contributed by atoms with Gasteiger partial charge in [0, 0.05) is 10.0 Å². The summed E-state index contributed by atoms with van der Waals surface area (Å²) < 4.78 is 27.9. The zero-order valence-corrected chi connectivity index (χ0v) is 20.4. The third-order valence-electron chi connectivity index (χ3n) is 5.79. The molecule has 0 unspecified atom stereocenters. The van der Waals surface area contributed by atoms with Crippen molar-refractivity contribution in [2.45, 2.75) is 37.1 Å². The molecule has 0 aromatic heterocycles. The van der Waals surface area contributed by atoms with Crippen molar-refractivity contribution >= 4 is 44.8 Å². The number of benzene rings is 3. The number of aryl methyl sites for hydroxylation is 2. The molecule has 0 fully saturated rings. The summed E-state index contributed by atoms with van der Waals surface area (Å²) in [6, 6.07) is 18.3. The van der Waals surface area contributed by atoms with E-state index in [0.29, 0.717) is 15.7 Å². The van der Waals surface area contributed by atoms with Crippen LogP contribution in [0, 0.1) is 0 Å². The molecule has 0 heterocycles. The topological polar surface area (TPSA) is 66.5 Å². The molecule has 1 amide bonds. The van der Waals surface area contributed by atoms with Crippen molar-refractivity contribution in [1.29, 1.82) is 0 Å². The van der Waals surface area contributed by atoms with E-state index in [9.17, 15) is 13.2 Å². The van der Waals surface area contributed by atoms with Crippen LogP contribution >= 0.6 is 23.2 Å². The van der Waals surface area contributed by atoms with Crippen LogP contribution < -0.4 is 9.62 Å². The first-order valence-electron chi connectivity index (χ1n) is 10.7. The minimum absolute atomic E-state index is 0.0337. The Bertz CT molecular complexity index is 1280. The minimum atomic E-state index is -4.04. The van der Waals surface area contributed by atoms with Gasteiger partial charge in [0.05, 0.1) is 16.6 Å². The van der Waals surface area contributed by atoms with E-state index in [1.165, 1.54) is 41.5 Å². The number of rotatable bonds is 7. The average Bonchev–Trinajstić information content (AvgIpc) is 3.25. The molecule has 33 heavy (non-hydrogen) atoms. The van der Waals surface area contributed by atoms with Gasteiger partial charge >= 0.3 is 0 Å². The van der Waals surface area contributed by atoms with E-state index in [2.05, 4.69) is 17.4 Å². The lowest BCUT2D eigenvalue weighted by atomic mass is 10.0. The van der Waals surface area contributed by atoms with Crippen molar-refractivity contribution in [1.82, 2.24) is 5.32 Å². The molecule has 8 heteroatoms. The molecule has 1 N–H and O–H groups in total. The highest BCUT2D eigenvalue weighted by Crippen LogP contribution is 2.28. The van der Waals surface area contributed by atoms with Crippen LogP contribution in [0.25, 0.3) is 0 Å². The number of hydrogen-bond acceptors (Lipinski definition) is 3. The van der Waals surface area contributed by atoms with Gasteiger partial charge in [0.1, 0.15) is 6.54 Å². The zero-order chi connectivity index (χ0) is 23.6. The lowest BCUT2D eigenvalue weighted by molar-refractivity contribution is -0.120. The lowest BCUT2D eigenvalue weighted by Crippen LogP contribution is -2.41. The lowest BCUT2D eigenvalue weighted by Gasteiger charge is -2.25. The molecular weight excluding hydrogens is 479 g/mol. The summed E-state index contributed by atoms with van der Waals surface area (Å²) >= 11 is 12.0. The maximum Gasteiger partial charge on any atom is 0.264 e. The highest BCUT2D eigenvalue weighted by Gasteiger charge is 2.28. The Morgan fingerprint density at radius 1 is 0.970 bits per heavy atom. The number of sulfonamides is 1. The molecule has 0 radical (unpaired) electrons. The molecule has 172 valence electrons. The van der Waals surface area contributed by atoms with Gasteiger partial charge in [-0.3, -0.25) is 9.10 Å². The zero-order valence-electron chi connectivity index (χ0n) is 18.1. The van der Waals surface area contributed by atoms with Gasteiger partial charge in [0.25, 0.3) is 10.0 Å². The molecule has 1 aliphatic rings. The summed E-state index contributed by atoms with van der Waals surface area (Å²) in [5.74, 6) is -0.416. The SMILES string of the molecule is C[C@@H](NC(=O)CN(c1cccc(Cl)c1)S(=O)(=O)c1ccc(Cl)cc1)c1ccc2c(c1)CCC2.